The number of anilines is 1. The van der Waals surface area contributed by atoms with Gasteiger partial charge in [0.2, 0.25) is 5.91 Å². The standard InChI is InChI=1S/C28H36F2N6O2/c1-4-5-8-11-31-27(37)18-34(19-28(38)33(3)36-15-21-9-6-7-10-22(21)16-36)25-13-24-23(12-20(25)2)14-35(32-24)17-26(29)30/h6-7,9-10,12-14,26H,4-5,8,11,15-19H2,1-3H3,(H,31,37). The number of hydrogen-bond donors (Lipinski definition) is 1. The summed E-state index contributed by atoms with van der Waals surface area (Å²) in [6.45, 7) is 5.34. The van der Waals surface area contributed by atoms with E-state index in [4.69, 9.17) is 0 Å². The van der Waals surface area contributed by atoms with Crippen molar-refractivity contribution < 1.29 is 18.4 Å². The molecule has 0 bridgehead atoms. The van der Waals surface area contributed by atoms with Crippen LogP contribution in [0.25, 0.3) is 10.9 Å². The summed E-state index contributed by atoms with van der Waals surface area (Å²) in [6, 6.07) is 11.7. The molecule has 0 unspecified atom stereocenters. The number of nitrogens with zero attached hydrogens (tertiary/aromatic N) is 5. The third kappa shape index (κ3) is 6.66. The highest BCUT2D eigenvalue weighted by molar-refractivity contribution is 5.90. The highest BCUT2D eigenvalue weighted by Gasteiger charge is 2.27. The molecule has 3 aromatic rings. The van der Waals surface area contributed by atoms with Crippen LogP contribution in [0.1, 0.15) is 42.9 Å². The molecular weight excluding hydrogens is 490 g/mol. The Labute approximate surface area is 222 Å². The minimum atomic E-state index is -2.51. The lowest BCUT2D eigenvalue weighted by Crippen LogP contribution is -2.48. The van der Waals surface area contributed by atoms with Crippen LogP contribution in [0.4, 0.5) is 14.5 Å². The predicted molar refractivity (Wildman–Crippen MR) is 144 cm³/mol. The number of hydrogen-bond acceptors (Lipinski definition) is 5. The first kappa shape index (κ1) is 27.5. The van der Waals surface area contributed by atoms with Crippen LogP contribution in [0.15, 0.2) is 42.6 Å². The lowest BCUT2D eigenvalue weighted by Gasteiger charge is -2.32. The van der Waals surface area contributed by atoms with E-state index in [1.807, 2.05) is 30.1 Å². The molecule has 2 heterocycles. The number of rotatable bonds is 12. The summed E-state index contributed by atoms with van der Waals surface area (Å²) < 4.78 is 27.0. The van der Waals surface area contributed by atoms with Gasteiger partial charge in [0.25, 0.3) is 12.3 Å². The van der Waals surface area contributed by atoms with E-state index in [0.29, 0.717) is 30.8 Å². The summed E-state index contributed by atoms with van der Waals surface area (Å²) in [5.41, 5.74) is 4.43. The van der Waals surface area contributed by atoms with Crippen LogP contribution in [-0.4, -0.2) is 64.7 Å². The largest absolute Gasteiger partial charge is 0.355 e. The number of amides is 2. The Morgan fingerprint density at radius 1 is 1.11 bits per heavy atom. The number of carbonyl (C=O) groups is 2. The smallest absolute Gasteiger partial charge is 0.257 e. The van der Waals surface area contributed by atoms with E-state index >= 15 is 0 Å². The zero-order valence-electron chi connectivity index (χ0n) is 22.3. The second-order valence-electron chi connectivity index (χ2n) is 9.86. The molecule has 4 rings (SSSR count). The molecule has 0 spiro atoms. The highest BCUT2D eigenvalue weighted by atomic mass is 19.3. The van der Waals surface area contributed by atoms with E-state index in [2.05, 4.69) is 29.5 Å². The van der Waals surface area contributed by atoms with Crippen molar-refractivity contribution in [3.05, 3.63) is 59.3 Å². The topological polar surface area (TPSA) is 73.7 Å². The number of alkyl halides is 2. The zero-order chi connectivity index (χ0) is 27.2. The monoisotopic (exact) mass is 526 g/mol. The maximum Gasteiger partial charge on any atom is 0.257 e. The fourth-order valence-corrected chi connectivity index (χ4v) is 4.81. The van der Waals surface area contributed by atoms with Gasteiger partial charge in [0.1, 0.15) is 6.54 Å². The number of benzene rings is 2. The number of aryl methyl sites for hydroxylation is 1. The van der Waals surface area contributed by atoms with Crippen molar-refractivity contribution in [2.24, 2.45) is 0 Å². The third-order valence-electron chi connectivity index (χ3n) is 6.91. The summed E-state index contributed by atoms with van der Waals surface area (Å²) in [5.74, 6) is -0.327. The first-order valence-electron chi connectivity index (χ1n) is 13.1. The van der Waals surface area contributed by atoms with Gasteiger partial charge in [-0.3, -0.25) is 19.3 Å². The Balaban J connectivity index is 1.54. The average Bonchev–Trinajstić information content (AvgIpc) is 3.48. The number of halogens is 2. The third-order valence-corrected chi connectivity index (χ3v) is 6.91. The summed E-state index contributed by atoms with van der Waals surface area (Å²) in [5, 5.41) is 11.6. The van der Waals surface area contributed by atoms with E-state index < -0.39 is 13.0 Å². The molecule has 8 nitrogen and oxygen atoms in total. The van der Waals surface area contributed by atoms with Crippen LogP contribution in [0.3, 0.4) is 0 Å². The molecule has 0 aliphatic carbocycles. The quantitative estimate of drug-likeness (QED) is 0.360. The molecular formula is C28H36F2N6O2. The Bertz CT molecular complexity index is 1250. The number of nitrogens with one attached hydrogen (secondary N) is 1. The van der Waals surface area contributed by atoms with Gasteiger partial charge >= 0.3 is 0 Å². The van der Waals surface area contributed by atoms with Gasteiger partial charge in [0.15, 0.2) is 0 Å². The Kier molecular flexibility index (Phi) is 8.93. The van der Waals surface area contributed by atoms with Crippen molar-refractivity contribution in [3.63, 3.8) is 0 Å². The SMILES string of the molecule is CCCCCNC(=O)CN(CC(=O)N(C)N1Cc2ccccc2C1)c1cc2nn(CC(F)F)cc2cc1C. The molecule has 1 aromatic heterocycles. The Morgan fingerprint density at radius 3 is 2.47 bits per heavy atom. The van der Waals surface area contributed by atoms with E-state index in [1.54, 1.807) is 29.2 Å². The van der Waals surface area contributed by atoms with Crippen LogP contribution in [0.5, 0.6) is 0 Å². The van der Waals surface area contributed by atoms with E-state index in [1.165, 1.54) is 15.8 Å². The highest BCUT2D eigenvalue weighted by Crippen LogP contribution is 2.27. The summed E-state index contributed by atoms with van der Waals surface area (Å²) >= 11 is 0. The molecule has 1 N–H and O–H groups in total. The molecule has 0 atom stereocenters. The molecule has 2 amide bonds. The number of hydrazine groups is 1. The van der Waals surface area contributed by atoms with Crippen molar-refractivity contribution in [3.8, 4) is 0 Å². The molecule has 0 saturated heterocycles. The zero-order valence-corrected chi connectivity index (χ0v) is 22.3. The Morgan fingerprint density at radius 2 is 1.82 bits per heavy atom. The summed E-state index contributed by atoms with van der Waals surface area (Å²) in [6.07, 6.45) is 2.06. The van der Waals surface area contributed by atoms with E-state index in [-0.39, 0.29) is 24.9 Å². The molecule has 0 radical (unpaired) electrons. The maximum atomic E-state index is 13.5. The Hall–Kier alpha value is -3.53. The van der Waals surface area contributed by atoms with Crippen LogP contribution in [-0.2, 0) is 29.2 Å². The minimum absolute atomic E-state index is 0.00395. The van der Waals surface area contributed by atoms with Crippen molar-refractivity contribution in [2.45, 2.75) is 59.2 Å². The molecule has 0 saturated carbocycles. The molecule has 38 heavy (non-hydrogen) atoms. The number of unbranched alkanes of at least 4 members (excludes halogenated alkanes) is 2. The normalized spacial score (nSPS) is 13.2. The number of carbonyl (C=O) groups excluding carboxylic acids is 2. The summed E-state index contributed by atoms with van der Waals surface area (Å²) in [4.78, 5) is 28.1. The van der Waals surface area contributed by atoms with Crippen molar-refractivity contribution in [1.82, 2.24) is 25.1 Å². The lowest BCUT2D eigenvalue weighted by atomic mass is 10.1. The van der Waals surface area contributed by atoms with Gasteiger partial charge in [-0.15, -0.1) is 0 Å². The summed E-state index contributed by atoms with van der Waals surface area (Å²) in [7, 11) is 1.75. The molecule has 10 heteroatoms. The first-order chi connectivity index (χ1) is 18.2. The van der Waals surface area contributed by atoms with E-state index in [0.717, 1.165) is 30.2 Å². The fraction of sp³-hybridized carbons (Fsp3) is 0.464. The molecule has 0 fully saturated rings. The second kappa shape index (κ2) is 12.3. The van der Waals surface area contributed by atoms with Crippen LogP contribution in [0, 0.1) is 6.92 Å². The molecule has 1 aliphatic rings. The van der Waals surface area contributed by atoms with Crippen molar-refractivity contribution in [1.29, 1.82) is 0 Å². The van der Waals surface area contributed by atoms with Gasteiger partial charge in [0.05, 0.1) is 18.6 Å². The van der Waals surface area contributed by atoms with Crippen LogP contribution >= 0.6 is 0 Å². The molecule has 2 aromatic carbocycles. The maximum absolute atomic E-state index is 13.5. The first-order valence-corrected chi connectivity index (χ1v) is 13.1. The number of likely N-dealkylation sites (N-methyl/N-ethyl adjacent to an activating group) is 1. The van der Waals surface area contributed by atoms with Gasteiger partial charge in [-0.1, -0.05) is 44.0 Å². The van der Waals surface area contributed by atoms with Gasteiger partial charge < -0.3 is 10.2 Å². The van der Waals surface area contributed by atoms with Crippen LogP contribution in [0.2, 0.25) is 0 Å². The lowest BCUT2D eigenvalue weighted by molar-refractivity contribution is -0.145. The van der Waals surface area contributed by atoms with Crippen LogP contribution < -0.4 is 10.2 Å². The molecule has 1 aliphatic heterocycles. The predicted octanol–water partition coefficient (Wildman–Crippen LogP) is 4.11. The molecule has 204 valence electrons. The van der Waals surface area contributed by atoms with Gasteiger partial charge in [-0.2, -0.15) is 5.10 Å². The van der Waals surface area contributed by atoms with Crippen molar-refractivity contribution in [2.75, 3.05) is 31.6 Å². The van der Waals surface area contributed by atoms with E-state index in [9.17, 15) is 18.4 Å². The van der Waals surface area contributed by atoms with Crippen molar-refractivity contribution >= 4 is 28.4 Å². The van der Waals surface area contributed by atoms with Gasteiger partial charge in [-0.25, -0.2) is 13.8 Å². The number of aromatic nitrogens is 2. The average molecular weight is 527 g/mol. The minimum Gasteiger partial charge on any atom is -0.355 e. The van der Waals surface area contributed by atoms with Gasteiger partial charge in [-0.05, 0) is 42.2 Å². The van der Waals surface area contributed by atoms with Gasteiger partial charge in [0, 0.05) is 44.0 Å². The second-order valence-corrected chi connectivity index (χ2v) is 9.86. The number of fused-ring (bicyclic) bond motifs is 2. The fourth-order valence-electron chi connectivity index (χ4n) is 4.81.